The lowest BCUT2D eigenvalue weighted by molar-refractivity contribution is 0.279. The van der Waals surface area contributed by atoms with Gasteiger partial charge < -0.3 is 5.32 Å². The molecule has 0 unspecified atom stereocenters. The Morgan fingerprint density at radius 1 is 1.18 bits per heavy atom. The molecule has 1 aromatic rings. The van der Waals surface area contributed by atoms with Crippen LogP contribution in [0.4, 0.5) is 0 Å². The molecule has 0 heterocycles. The number of thioether (sulfide) groups is 1. The van der Waals surface area contributed by atoms with E-state index >= 15 is 0 Å². The molecule has 17 heavy (non-hydrogen) atoms. The summed E-state index contributed by atoms with van der Waals surface area (Å²) in [4.78, 5) is 1.41. The quantitative estimate of drug-likeness (QED) is 0.766. The van der Waals surface area contributed by atoms with E-state index in [0.717, 1.165) is 0 Å². The van der Waals surface area contributed by atoms with Crippen LogP contribution in [0.3, 0.4) is 0 Å². The summed E-state index contributed by atoms with van der Waals surface area (Å²) in [5.41, 5.74) is 0.594. The third-order valence-electron chi connectivity index (χ3n) is 3.86. The first-order valence-corrected chi connectivity index (χ1v) is 7.66. The Morgan fingerprint density at radius 3 is 2.53 bits per heavy atom. The summed E-state index contributed by atoms with van der Waals surface area (Å²) in [5, 5.41) is 3.39. The minimum atomic E-state index is 0.594. The molecule has 0 radical (unpaired) electrons. The highest BCUT2D eigenvalue weighted by Crippen LogP contribution is 2.41. The van der Waals surface area contributed by atoms with Crippen molar-refractivity contribution in [3.63, 3.8) is 0 Å². The maximum absolute atomic E-state index is 3.39. The zero-order valence-electron chi connectivity index (χ0n) is 10.7. The van der Waals surface area contributed by atoms with Crippen LogP contribution in [0.2, 0.25) is 0 Å². The highest BCUT2D eigenvalue weighted by atomic mass is 32.2. The van der Waals surface area contributed by atoms with Crippen molar-refractivity contribution in [3.05, 3.63) is 30.3 Å². The van der Waals surface area contributed by atoms with Crippen molar-refractivity contribution >= 4 is 11.8 Å². The Hall–Kier alpha value is -0.470. The average Bonchev–Trinajstić information content (AvgIpc) is 2.80. The lowest BCUT2D eigenvalue weighted by Gasteiger charge is -2.28. The van der Waals surface area contributed by atoms with Crippen LogP contribution in [0, 0.1) is 5.41 Å². The number of hydrogen-bond acceptors (Lipinski definition) is 2. The Balaban J connectivity index is 1.80. The summed E-state index contributed by atoms with van der Waals surface area (Å²) in [6, 6.07) is 10.8. The average molecular weight is 249 g/mol. The smallest absolute Gasteiger partial charge is 0.00719 e. The fourth-order valence-corrected chi connectivity index (χ4v) is 4.04. The number of benzene rings is 1. The predicted octanol–water partition coefficient (Wildman–Crippen LogP) is 3.95. The third kappa shape index (κ3) is 3.75. The molecule has 0 bridgehead atoms. The Labute approximate surface area is 109 Å². The molecule has 1 fully saturated rings. The highest BCUT2D eigenvalue weighted by molar-refractivity contribution is 7.99. The van der Waals surface area contributed by atoms with Gasteiger partial charge in [0.15, 0.2) is 0 Å². The molecular formula is C15H23NS. The molecule has 1 aliphatic carbocycles. The van der Waals surface area contributed by atoms with Crippen molar-refractivity contribution in [2.24, 2.45) is 5.41 Å². The SMILES string of the molecule is CNCC1(CCSc2ccccc2)CCCC1. The molecule has 0 amide bonds. The van der Waals surface area contributed by atoms with E-state index in [-0.39, 0.29) is 0 Å². The minimum absolute atomic E-state index is 0.594. The zero-order chi connectivity index (χ0) is 12.0. The van der Waals surface area contributed by atoms with Crippen LogP contribution in [0.1, 0.15) is 32.1 Å². The second kappa shape index (κ2) is 6.46. The Bertz CT molecular complexity index is 317. The van der Waals surface area contributed by atoms with Gasteiger partial charge in [0.05, 0.1) is 0 Å². The molecule has 1 N–H and O–H groups in total. The van der Waals surface area contributed by atoms with E-state index in [1.165, 1.54) is 49.3 Å². The van der Waals surface area contributed by atoms with Gasteiger partial charge in [0.2, 0.25) is 0 Å². The normalized spacial score (nSPS) is 18.4. The molecule has 0 atom stereocenters. The Kier molecular flexibility index (Phi) is 4.93. The van der Waals surface area contributed by atoms with Gasteiger partial charge in [0.1, 0.15) is 0 Å². The number of hydrogen-bond donors (Lipinski definition) is 1. The van der Waals surface area contributed by atoms with Crippen LogP contribution in [0.5, 0.6) is 0 Å². The Morgan fingerprint density at radius 2 is 1.88 bits per heavy atom. The second-order valence-corrected chi connectivity index (χ2v) is 6.32. The van der Waals surface area contributed by atoms with Gasteiger partial charge in [0.25, 0.3) is 0 Å². The van der Waals surface area contributed by atoms with Crippen molar-refractivity contribution in [2.45, 2.75) is 37.0 Å². The van der Waals surface area contributed by atoms with Crippen LogP contribution < -0.4 is 5.32 Å². The number of rotatable bonds is 6. The highest BCUT2D eigenvalue weighted by Gasteiger charge is 2.32. The molecular weight excluding hydrogens is 226 g/mol. The van der Waals surface area contributed by atoms with Crippen molar-refractivity contribution in [2.75, 3.05) is 19.3 Å². The first-order valence-electron chi connectivity index (χ1n) is 6.67. The van der Waals surface area contributed by atoms with Gasteiger partial charge >= 0.3 is 0 Å². The van der Waals surface area contributed by atoms with Gasteiger partial charge in [-0.3, -0.25) is 0 Å². The molecule has 2 heteroatoms. The lowest BCUT2D eigenvalue weighted by Crippen LogP contribution is -2.30. The summed E-state index contributed by atoms with van der Waals surface area (Å²) < 4.78 is 0. The van der Waals surface area contributed by atoms with E-state index < -0.39 is 0 Å². The van der Waals surface area contributed by atoms with E-state index in [2.05, 4.69) is 42.7 Å². The van der Waals surface area contributed by atoms with Crippen LogP contribution in [0.25, 0.3) is 0 Å². The minimum Gasteiger partial charge on any atom is -0.319 e. The number of nitrogens with one attached hydrogen (secondary N) is 1. The summed E-state index contributed by atoms with van der Waals surface area (Å²) in [5.74, 6) is 1.26. The molecule has 0 spiro atoms. The topological polar surface area (TPSA) is 12.0 Å². The second-order valence-electron chi connectivity index (χ2n) is 5.15. The largest absolute Gasteiger partial charge is 0.319 e. The van der Waals surface area contributed by atoms with E-state index in [1.54, 1.807) is 0 Å². The molecule has 94 valence electrons. The summed E-state index contributed by atoms with van der Waals surface area (Å²) in [6.45, 7) is 1.20. The van der Waals surface area contributed by atoms with E-state index in [9.17, 15) is 0 Å². The first-order chi connectivity index (χ1) is 8.35. The fraction of sp³-hybridized carbons (Fsp3) is 0.600. The fourth-order valence-electron chi connectivity index (χ4n) is 2.92. The molecule has 2 rings (SSSR count). The molecule has 1 nitrogen and oxygen atoms in total. The maximum atomic E-state index is 3.39. The molecule has 1 aromatic carbocycles. The van der Waals surface area contributed by atoms with Gasteiger partial charge in [-0.25, -0.2) is 0 Å². The lowest BCUT2D eigenvalue weighted by atomic mass is 9.83. The van der Waals surface area contributed by atoms with E-state index in [4.69, 9.17) is 0 Å². The molecule has 0 aliphatic heterocycles. The van der Waals surface area contributed by atoms with Gasteiger partial charge in [-0.2, -0.15) is 0 Å². The molecule has 0 aromatic heterocycles. The third-order valence-corrected chi connectivity index (χ3v) is 4.87. The van der Waals surface area contributed by atoms with Crippen molar-refractivity contribution < 1.29 is 0 Å². The van der Waals surface area contributed by atoms with Gasteiger partial charge in [-0.05, 0) is 49.6 Å². The maximum Gasteiger partial charge on any atom is 0.00719 e. The molecule has 1 aliphatic rings. The standard InChI is InChI=1S/C15H23NS/c1-16-13-15(9-5-6-10-15)11-12-17-14-7-3-2-4-8-14/h2-4,7-8,16H,5-6,9-13H2,1H3. The zero-order valence-corrected chi connectivity index (χ0v) is 11.6. The monoisotopic (exact) mass is 249 g/mol. The van der Waals surface area contributed by atoms with Gasteiger partial charge in [-0.15, -0.1) is 11.8 Å². The van der Waals surface area contributed by atoms with E-state index in [0.29, 0.717) is 5.41 Å². The summed E-state index contributed by atoms with van der Waals surface area (Å²) in [6.07, 6.45) is 7.05. The summed E-state index contributed by atoms with van der Waals surface area (Å²) >= 11 is 2.00. The van der Waals surface area contributed by atoms with Crippen molar-refractivity contribution in [3.8, 4) is 0 Å². The van der Waals surface area contributed by atoms with Crippen LogP contribution in [-0.4, -0.2) is 19.3 Å². The first kappa shape index (κ1) is 13.0. The predicted molar refractivity (Wildman–Crippen MR) is 76.6 cm³/mol. The molecule has 0 saturated heterocycles. The van der Waals surface area contributed by atoms with Crippen LogP contribution in [-0.2, 0) is 0 Å². The van der Waals surface area contributed by atoms with Crippen LogP contribution in [0.15, 0.2) is 35.2 Å². The van der Waals surface area contributed by atoms with Crippen molar-refractivity contribution in [1.82, 2.24) is 5.32 Å². The van der Waals surface area contributed by atoms with Gasteiger partial charge in [-0.1, -0.05) is 31.0 Å². The molecule has 1 saturated carbocycles. The van der Waals surface area contributed by atoms with E-state index in [1.807, 2.05) is 11.8 Å². The van der Waals surface area contributed by atoms with Crippen LogP contribution >= 0.6 is 11.8 Å². The van der Waals surface area contributed by atoms with Gasteiger partial charge in [0, 0.05) is 11.4 Å². The summed E-state index contributed by atoms with van der Waals surface area (Å²) in [7, 11) is 2.09. The van der Waals surface area contributed by atoms with Crippen molar-refractivity contribution in [1.29, 1.82) is 0 Å².